The van der Waals surface area contributed by atoms with E-state index < -0.39 is 0 Å². The summed E-state index contributed by atoms with van der Waals surface area (Å²) in [4.78, 5) is 4.32. The molecule has 0 amide bonds. The molecule has 0 radical (unpaired) electrons. The zero-order valence-corrected chi connectivity index (χ0v) is 12.9. The molecule has 2 aromatic heterocycles. The minimum Gasteiger partial charge on any atom is -0.337 e. The summed E-state index contributed by atoms with van der Waals surface area (Å²) in [5.41, 5.74) is 3.44. The Morgan fingerprint density at radius 1 is 1.30 bits per heavy atom. The van der Waals surface area contributed by atoms with Gasteiger partial charge in [0.2, 0.25) is 5.89 Å². The number of hydrogen-bond acceptors (Lipinski definition) is 5. The van der Waals surface area contributed by atoms with Crippen molar-refractivity contribution in [1.82, 2.24) is 25.2 Å². The molecule has 0 fully saturated rings. The van der Waals surface area contributed by atoms with Crippen LogP contribution >= 0.6 is 0 Å². The lowest BCUT2D eigenvalue weighted by molar-refractivity contribution is 0.360. The lowest BCUT2D eigenvalue weighted by atomic mass is 10.2. The number of hydrogen-bond donors (Lipinski definition) is 1. The van der Waals surface area contributed by atoms with Crippen LogP contribution in [0.15, 0.2) is 4.52 Å². The molecule has 0 bridgehead atoms. The molecule has 0 spiro atoms. The van der Waals surface area contributed by atoms with Crippen LogP contribution in [0, 0.1) is 13.8 Å². The molecule has 0 atom stereocenters. The largest absolute Gasteiger partial charge is 0.337 e. The van der Waals surface area contributed by atoms with Crippen molar-refractivity contribution in [2.24, 2.45) is 0 Å². The van der Waals surface area contributed by atoms with Crippen LogP contribution in [-0.4, -0.2) is 26.0 Å². The summed E-state index contributed by atoms with van der Waals surface area (Å²) < 4.78 is 7.15. The number of nitrogens with zero attached hydrogens (tertiary/aromatic N) is 4. The van der Waals surface area contributed by atoms with Crippen molar-refractivity contribution in [1.29, 1.82) is 0 Å². The monoisotopic (exact) mass is 277 g/mol. The number of nitrogens with one attached hydrogen (secondary N) is 1. The smallest absolute Gasteiger partial charge is 0.248 e. The van der Waals surface area contributed by atoms with Gasteiger partial charge in [-0.2, -0.15) is 10.1 Å². The highest BCUT2D eigenvalue weighted by molar-refractivity contribution is 5.24. The average molecular weight is 277 g/mol. The third-order valence-corrected chi connectivity index (χ3v) is 3.33. The Hall–Kier alpha value is -1.69. The van der Waals surface area contributed by atoms with E-state index >= 15 is 0 Å². The Morgan fingerprint density at radius 3 is 2.65 bits per heavy atom. The van der Waals surface area contributed by atoms with E-state index in [9.17, 15) is 0 Å². The zero-order valence-electron chi connectivity index (χ0n) is 12.9. The van der Waals surface area contributed by atoms with Gasteiger partial charge in [-0.3, -0.25) is 4.68 Å². The van der Waals surface area contributed by atoms with E-state index in [1.165, 1.54) is 5.56 Å². The molecule has 0 saturated heterocycles. The van der Waals surface area contributed by atoms with E-state index in [4.69, 9.17) is 4.52 Å². The predicted molar refractivity (Wildman–Crippen MR) is 76.5 cm³/mol. The van der Waals surface area contributed by atoms with Gasteiger partial charge in [0.1, 0.15) is 6.54 Å². The standard InChI is InChI=1S/C14H23N5O/c1-6-13-16-14(20-18-13)8-19-11(5)12(10(4)17-19)7-15-9(2)3/h9,15H,6-8H2,1-5H3. The van der Waals surface area contributed by atoms with Gasteiger partial charge < -0.3 is 9.84 Å². The molecule has 110 valence electrons. The molecule has 0 saturated carbocycles. The molecule has 6 nitrogen and oxygen atoms in total. The van der Waals surface area contributed by atoms with Crippen molar-refractivity contribution in [3.63, 3.8) is 0 Å². The van der Waals surface area contributed by atoms with Gasteiger partial charge in [-0.25, -0.2) is 0 Å². The van der Waals surface area contributed by atoms with Gasteiger partial charge in [-0.05, 0) is 13.8 Å². The quantitative estimate of drug-likeness (QED) is 0.874. The molecule has 0 unspecified atom stereocenters. The molecule has 20 heavy (non-hydrogen) atoms. The van der Waals surface area contributed by atoms with Crippen LogP contribution in [0.25, 0.3) is 0 Å². The van der Waals surface area contributed by atoms with E-state index in [-0.39, 0.29) is 0 Å². The molecule has 6 heteroatoms. The molecule has 2 heterocycles. The van der Waals surface area contributed by atoms with Gasteiger partial charge in [0.05, 0.1) is 5.69 Å². The Labute approximate surface area is 119 Å². The van der Waals surface area contributed by atoms with Gasteiger partial charge >= 0.3 is 0 Å². The number of rotatable bonds is 6. The van der Waals surface area contributed by atoms with Gasteiger partial charge in [-0.15, -0.1) is 0 Å². The fourth-order valence-electron chi connectivity index (χ4n) is 2.08. The molecule has 0 aliphatic rings. The summed E-state index contributed by atoms with van der Waals surface area (Å²) in [5.74, 6) is 1.35. The van der Waals surface area contributed by atoms with Crippen molar-refractivity contribution in [3.05, 3.63) is 28.7 Å². The Morgan fingerprint density at radius 2 is 2.05 bits per heavy atom. The number of aryl methyl sites for hydroxylation is 2. The highest BCUT2D eigenvalue weighted by atomic mass is 16.5. The lowest BCUT2D eigenvalue weighted by Gasteiger charge is -2.08. The first kappa shape index (κ1) is 14.7. The fraction of sp³-hybridized carbons (Fsp3) is 0.643. The minimum atomic E-state index is 0.459. The van der Waals surface area contributed by atoms with E-state index in [2.05, 4.69) is 41.3 Å². The molecular weight excluding hydrogens is 254 g/mol. The highest BCUT2D eigenvalue weighted by Crippen LogP contribution is 2.14. The van der Waals surface area contributed by atoms with Crippen LogP contribution in [0.2, 0.25) is 0 Å². The second-order valence-corrected chi connectivity index (χ2v) is 5.30. The maximum absolute atomic E-state index is 5.22. The van der Waals surface area contributed by atoms with Crippen molar-refractivity contribution in [3.8, 4) is 0 Å². The molecular formula is C14H23N5O. The number of aromatic nitrogens is 4. The SMILES string of the molecule is CCc1noc(Cn2nc(C)c(CNC(C)C)c2C)n1. The molecule has 0 aliphatic carbocycles. The second-order valence-electron chi connectivity index (χ2n) is 5.30. The average Bonchev–Trinajstić information content (AvgIpc) is 2.94. The summed E-state index contributed by atoms with van der Waals surface area (Å²) in [6, 6.07) is 0.459. The van der Waals surface area contributed by atoms with Crippen LogP contribution < -0.4 is 5.32 Å². The van der Waals surface area contributed by atoms with Crippen LogP contribution in [0.5, 0.6) is 0 Å². The first-order valence-electron chi connectivity index (χ1n) is 7.09. The summed E-state index contributed by atoms with van der Waals surface area (Å²) in [5, 5.41) is 11.9. The normalized spacial score (nSPS) is 11.5. The topological polar surface area (TPSA) is 68.8 Å². The van der Waals surface area contributed by atoms with Crippen LogP contribution in [-0.2, 0) is 19.5 Å². The van der Waals surface area contributed by atoms with Crippen molar-refractivity contribution >= 4 is 0 Å². The van der Waals surface area contributed by atoms with E-state index in [1.807, 2.05) is 18.5 Å². The third kappa shape index (κ3) is 3.25. The summed E-state index contributed by atoms with van der Waals surface area (Å²) in [6.07, 6.45) is 0.782. The first-order chi connectivity index (χ1) is 9.51. The van der Waals surface area contributed by atoms with Gasteiger partial charge in [-0.1, -0.05) is 25.9 Å². The summed E-state index contributed by atoms with van der Waals surface area (Å²) in [7, 11) is 0. The van der Waals surface area contributed by atoms with E-state index in [0.29, 0.717) is 18.5 Å². The summed E-state index contributed by atoms with van der Waals surface area (Å²) >= 11 is 0. The zero-order chi connectivity index (χ0) is 14.7. The molecule has 2 aromatic rings. The maximum Gasteiger partial charge on any atom is 0.248 e. The molecule has 0 aromatic carbocycles. The highest BCUT2D eigenvalue weighted by Gasteiger charge is 2.14. The predicted octanol–water partition coefficient (Wildman–Crippen LogP) is 1.99. The Kier molecular flexibility index (Phi) is 4.54. The second kappa shape index (κ2) is 6.17. The van der Waals surface area contributed by atoms with Crippen LogP contribution in [0.1, 0.15) is 49.4 Å². The van der Waals surface area contributed by atoms with Gasteiger partial charge in [0, 0.05) is 30.3 Å². The fourth-order valence-corrected chi connectivity index (χ4v) is 2.08. The van der Waals surface area contributed by atoms with Crippen molar-refractivity contribution in [2.75, 3.05) is 0 Å². The minimum absolute atomic E-state index is 0.459. The Balaban J connectivity index is 2.14. The first-order valence-corrected chi connectivity index (χ1v) is 7.09. The molecule has 2 rings (SSSR count). The molecule has 1 N–H and O–H groups in total. The Bertz CT molecular complexity index is 570. The van der Waals surface area contributed by atoms with Crippen molar-refractivity contribution < 1.29 is 4.52 Å². The third-order valence-electron chi connectivity index (χ3n) is 3.33. The van der Waals surface area contributed by atoms with Gasteiger partial charge in [0.25, 0.3) is 0 Å². The maximum atomic E-state index is 5.22. The van der Waals surface area contributed by atoms with E-state index in [0.717, 1.165) is 30.2 Å². The van der Waals surface area contributed by atoms with E-state index in [1.54, 1.807) is 0 Å². The molecule has 0 aliphatic heterocycles. The van der Waals surface area contributed by atoms with Crippen LogP contribution in [0.3, 0.4) is 0 Å². The summed E-state index contributed by atoms with van der Waals surface area (Å²) in [6.45, 7) is 11.8. The van der Waals surface area contributed by atoms with Crippen LogP contribution in [0.4, 0.5) is 0 Å². The lowest BCUT2D eigenvalue weighted by Crippen LogP contribution is -2.22. The van der Waals surface area contributed by atoms with Crippen molar-refractivity contribution in [2.45, 2.75) is 60.2 Å². The van der Waals surface area contributed by atoms with Gasteiger partial charge in [0.15, 0.2) is 5.82 Å².